The number of amides is 1. The SMILES string of the molecule is Cc1ccc(C(F)(F)F)cc1[C@H]1CCC[C@@H](NC(=O)c2ccccn2)C1. The lowest BCUT2D eigenvalue weighted by Crippen LogP contribution is -2.38. The first-order chi connectivity index (χ1) is 12.3. The Labute approximate surface area is 150 Å². The summed E-state index contributed by atoms with van der Waals surface area (Å²) in [5.41, 5.74) is 1.33. The van der Waals surface area contributed by atoms with Crippen molar-refractivity contribution in [2.75, 3.05) is 0 Å². The zero-order chi connectivity index (χ0) is 18.7. The number of rotatable bonds is 3. The third-order valence-corrected chi connectivity index (χ3v) is 4.95. The normalized spacial score (nSPS) is 20.6. The summed E-state index contributed by atoms with van der Waals surface area (Å²) in [6.07, 6.45) is 0.383. The molecule has 0 spiro atoms. The van der Waals surface area contributed by atoms with Crippen LogP contribution in [0.25, 0.3) is 0 Å². The van der Waals surface area contributed by atoms with Crippen LogP contribution in [-0.2, 0) is 6.18 Å². The lowest BCUT2D eigenvalue weighted by Gasteiger charge is -2.31. The molecule has 3 rings (SSSR count). The minimum absolute atomic E-state index is 0.0140. The summed E-state index contributed by atoms with van der Waals surface area (Å²) in [7, 11) is 0. The molecule has 1 saturated carbocycles. The van der Waals surface area contributed by atoms with Crippen molar-refractivity contribution in [2.45, 2.75) is 50.7 Å². The summed E-state index contributed by atoms with van der Waals surface area (Å²) in [5, 5.41) is 2.98. The number of alkyl halides is 3. The summed E-state index contributed by atoms with van der Waals surface area (Å²) >= 11 is 0. The van der Waals surface area contributed by atoms with Crippen molar-refractivity contribution in [3.05, 3.63) is 65.0 Å². The number of nitrogens with one attached hydrogen (secondary N) is 1. The highest BCUT2D eigenvalue weighted by atomic mass is 19.4. The molecule has 0 unspecified atom stereocenters. The fourth-order valence-corrected chi connectivity index (χ4v) is 3.62. The molecule has 1 aromatic carbocycles. The van der Waals surface area contributed by atoms with Gasteiger partial charge in [-0.2, -0.15) is 13.2 Å². The van der Waals surface area contributed by atoms with Crippen molar-refractivity contribution in [1.82, 2.24) is 10.3 Å². The molecule has 1 heterocycles. The number of hydrogen-bond donors (Lipinski definition) is 1. The number of pyridine rings is 1. The maximum Gasteiger partial charge on any atom is 0.416 e. The molecular formula is C20H21F3N2O. The van der Waals surface area contributed by atoms with Crippen LogP contribution in [0.1, 0.15) is 58.8 Å². The second-order valence-corrected chi connectivity index (χ2v) is 6.82. The van der Waals surface area contributed by atoms with E-state index in [9.17, 15) is 18.0 Å². The maximum absolute atomic E-state index is 13.0. The molecule has 1 amide bonds. The highest BCUT2D eigenvalue weighted by molar-refractivity contribution is 5.92. The topological polar surface area (TPSA) is 42.0 Å². The number of halogens is 3. The number of carbonyl (C=O) groups is 1. The first kappa shape index (κ1) is 18.4. The zero-order valence-corrected chi connectivity index (χ0v) is 14.5. The molecule has 1 N–H and O–H groups in total. The molecule has 3 nitrogen and oxygen atoms in total. The molecule has 2 atom stereocenters. The summed E-state index contributed by atoms with van der Waals surface area (Å²) in [5.74, 6) is -0.225. The second kappa shape index (κ2) is 7.48. The lowest BCUT2D eigenvalue weighted by molar-refractivity contribution is -0.137. The van der Waals surface area contributed by atoms with E-state index in [1.54, 1.807) is 24.4 Å². The Balaban J connectivity index is 1.74. The predicted octanol–water partition coefficient (Wildman–Crippen LogP) is 4.87. The quantitative estimate of drug-likeness (QED) is 0.847. The van der Waals surface area contributed by atoms with E-state index in [4.69, 9.17) is 0 Å². The molecule has 26 heavy (non-hydrogen) atoms. The Bertz CT molecular complexity index is 774. The van der Waals surface area contributed by atoms with Crippen LogP contribution < -0.4 is 5.32 Å². The third-order valence-electron chi connectivity index (χ3n) is 4.95. The lowest BCUT2D eigenvalue weighted by atomic mass is 9.79. The average molecular weight is 362 g/mol. The standard InChI is InChI=1S/C20H21F3N2O/c1-13-8-9-15(20(21,22)23)12-17(13)14-5-4-6-16(11-14)25-19(26)18-7-2-3-10-24-18/h2-3,7-10,12,14,16H,4-6,11H2,1H3,(H,25,26)/t14-,16+/m0/s1. The maximum atomic E-state index is 13.0. The molecule has 0 saturated heterocycles. The van der Waals surface area contributed by atoms with Crippen LogP contribution in [-0.4, -0.2) is 16.9 Å². The molecule has 0 bridgehead atoms. The van der Waals surface area contributed by atoms with Crippen LogP contribution in [0.3, 0.4) is 0 Å². The number of benzene rings is 1. The predicted molar refractivity (Wildman–Crippen MR) is 92.9 cm³/mol. The van der Waals surface area contributed by atoms with Gasteiger partial charge in [0.1, 0.15) is 5.69 Å². The van der Waals surface area contributed by atoms with Crippen molar-refractivity contribution in [3.8, 4) is 0 Å². The molecule has 0 aliphatic heterocycles. The van der Waals surface area contributed by atoms with E-state index in [0.29, 0.717) is 12.1 Å². The molecule has 138 valence electrons. The molecule has 1 fully saturated rings. The molecule has 6 heteroatoms. The Morgan fingerprint density at radius 1 is 1.19 bits per heavy atom. The minimum atomic E-state index is -4.34. The smallest absolute Gasteiger partial charge is 0.348 e. The number of aryl methyl sites for hydroxylation is 1. The van der Waals surface area contributed by atoms with Crippen molar-refractivity contribution in [3.63, 3.8) is 0 Å². The summed E-state index contributed by atoms with van der Waals surface area (Å²) in [6, 6.07) is 9.00. The summed E-state index contributed by atoms with van der Waals surface area (Å²) < 4.78 is 39.1. The van der Waals surface area contributed by atoms with E-state index in [1.165, 1.54) is 12.1 Å². The fourth-order valence-electron chi connectivity index (χ4n) is 3.62. The average Bonchev–Trinajstić information content (AvgIpc) is 2.62. The van der Waals surface area contributed by atoms with Crippen LogP contribution >= 0.6 is 0 Å². The zero-order valence-electron chi connectivity index (χ0n) is 14.5. The van der Waals surface area contributed by atoms with E-state index < -0.39 is 11.7 Å². The van der Waals surface area contributed by atoms with Crippen LogP contribution in [0, 0.1) is 6.92 Å². The first-order valence-electron chi connectivity index (χ1n) is 8.74. The van der Waals surface area contributed by atoms with Gasteiger partial charge in [-0.05, 0) is 67.5 Å². The van der Waals surface area contributed by atoms with Crippen LogP contribution in [0.4, 0.5) is 13.2 Å². The van der Waals surface area contributed by atoms with Gasteiger partial charge in [-0.3, -0.25) is 9.78 Å². The van der Waals surface area contributed by atoms with Gasteiger partial charge in [0, 0.05) is 12.2 Å². The van der Waals surface area contributed by atoms with Gasteiger partial charge in [-0.1, -0.05) is 18.6 Å². The monoisotopic (exact) mass is 362 g/mol. The van der Waals surface area contributed by atoms with Gasteiger partial charge >= 0.3 is 6.18 Å². The highest BCUT2D eigenvalue weighted by Gasteiger charge is 2.32. The van der Waals surface area contributed by atoms with E-state index in [-0.39, 0.29) is 17.9 Å². The van der Waals surface area contributed by atoms with E-state index >= 15 is 0 Å². The molecule has 0 radical (unpaired) electrons. The van der Waals surface area contributed by atoms with Crippen molar-refractivity contribution < 1.29 is 18.0 Å². The van der Waals surface area contributed by atoms with Gasteiger partial charge in [0.25, 0.3) is 5.91 Å². The Morgan fingerprint density at radius 3 is 2.69 bits per heavy atom. The molecule has 1 aliphatic carbocycles. The Kier molecular flexibility index (Phi) is 5.30. The number of hydrogen-bond acceptors (Lipinski definition) is 2. The Morgan fingerprint density at radius 2 is 2.00 bits per heavy atom. The van der Waals surface area contributed by atoms with Crippen molar-refractivity contribution >= 4 is 5.91 Å². The van der Waals surface area contributed by atoms with Crippen LogP contribution in [0.2, 0.25) is 0 Å². The fraction of sp³-hybridized carbons (Fsp3) is 0.400. The largest absolute Gasteiger partial charge is 0.416 e. The number of carbonyl (C=O) groups excluding carboxylic acids is 1. The van der Waals surface area contributed by atoms with Gasteiger partial charge in [-0.25, -0.2) is 0 Å². The minimum Gasteiger partial charge on any atom is -0.348 e. The molecular weight excluding hydrogens is 341 g/mol. The van der Waals surface area contributed by atoms with Gasteiger partial charge < -0.3 is 5.32 Å². The second-order valence-electron chi connectivity index (χ2n) is 6.82. The van der Waals surface area contributed by atoms with E-state index in [0.717, 1.165) is 36.5 Å². The highest BCUT2D eigenvalue weighted by Crippen LogP contribution is 2.38. The Hall–Kier alpha value is -2.37. The van der Waals surface area contributed by atoms with E-state index in [1.807, 2.05) is 6.92 Å². The summed E-state index contributed by atoms with van der Waals surface area (Å²) in [6.45, 7) is 1.84. The number of nitrogens with zero attached hydrogens (tertiary/aromatic N) is 1. The van der Waals surface area contributed by atoms with Crippen molar-refractivity contribution in [2.24, 2.45) is 0 Å². The van der Waals surface area contributed by atoms with Gasteiger partial charge in [0.2, 0.25) is 0 Å². The number of aromatic nitrogens is 1. The third kappa shape index (κ3) is 4.23. The molecule has 2 aromatic rings. The summed E-state index contributed by atoms with van der Waals surface area (Å²) in [4.78, 5) is 16.3. The van der Waals surface area contributed by atoms with Crippen LogP contribution in [0.15, 0.2) is 42.6 Å². The molecule has 1 aliphatic rings. The molecule has 1 aromatic heterocycles. The van der Waals surface area contributed by atoms with Crippen LogP contribution in [0.5, 0.6) is 0 Å². The van der Waals surface area contributed by atoms with E-state index in [2.05, 4.69) is 10.3 Å². The van der Waals surface area contributed by atoms with Crippen molar-refractivity contribution in [1.29, 1.82) is 0 Å². The van der Waals surface area contributed by atoms with Gasteiger partial charge in [0.05, 0.1) is 5.56 Å². The van der Waals surface area contributed by atoms with Gasteiger partial charge in [-0.15, -0.1) is 0 Å². The first-order valence-corrected chi connectivity index (χ1v) is 8.74. The van der Waals surface area contributed by atoms with Gasteiger partial charge in [0.15, 0.2) is 0 Å².